The van der Waals surface area contributed by atoms with Gasteiger partial charge in [0.25, 0.3) is 5.96 Å². The number of carbonyl (C=O) groups excluding carboxylic acids is 1. The lowest BCUT2D eigenvalue weighted by molar-refractivity contribution is -0.828. The molecule has 43 heavy (non-hydrogen) atoms. The van der Waals surface area contributed by atoms with Crippen LogP contribution in [0, 0.1) is 34.5 Å². The fraction of sp³-hybridized carbons (Fsp3) is 0.875. The third kappa shape index (κ3) is 5.47. The van der Waals surface area contributed by atoms with Crippen LogP contribution in [-0.4, -0.2) is 103 Å². The minimum atomic E-state index is -1.69. The molecule has 1 saturated heterocycles. The van der Waals surface area contributed by atoms with E-state index in [0.717, 1.165) is 62.1 Å². The Balaban J connectivity index is 1.48. The van der Waals surface area contributed by atoms with Gasteiger partial charge >= 0.3 is 0 Å². The molecule has 0 aromatic heterocycles. The highest BCUT2D eigenvalue weighted by molar-refractivity contribution is 5.90. The highest BCUT2D eigenvalue weighted by Gasteiger charge is 2.75. The molecule has 1 heterocycles. The topological polar surface area (TPSA) is 185 Å². The van der Waals surface area contributed by atoms with E-state index < -0.39 is 23.1 Å². The second-order valence-electron chi connectivity index (χ2n) is 14.2. The maximum absolute atomic E-state index is 13.0. The monoisotopic (exact) mass is 606 g/mol. The largest absolute Gasteiger partial charge is 0.545 e. The smallest absolute Gasteiger partial charge is 0.293 e. The molecule has 8 N–H and O–H groups in total. The summed E-state index contributed by atoms with van der Waals surface area (Å²) in [5, 5.41) is 58.2. The Morgan fingerprint density at radius 1 is 1.21 bits per heavy atom. The summed E-state index contributed by atoms with van der Waals surface area (Å²) in [6, 6.07) is 0. The number of ether oxygens (including phenoxy) is 1. The number of rotatable bonds is 11. The SMILES string of the molecule is CN=C(N)[NH+]1CC[C@H](CNCCO)[C@@]2(C1)[C@@H]1CC[C@@H](C)[C@]23C[C@](O)(CO[C@@H]2CC[C@@H](CCCO)[C@H](O)C2)C(C(=O)[O-])=C3C1. The second-order valence-corrected chi connectivity index (χ2v) is 14.2. The number of carbonyl (C=O) groups is 1. The number of allylic oxidation sites excluding steroid dienone is 1. The number of likely N-dealkylation sites (tertiary alicyclic amines) is 1. The van der Waals surface area contributed by atoms with Gasteiger partial charge in [-0.05, 0) is 88.0 Å². The highest BCUT2D eigenvalue weighted by Crippen LogP contribution is 2.76. The molecular formula is C32H54N4O7. The number of piperidine rings is 1. The number of aliphatic hydroxyl groups is 4. The van der Waals surface area contributed by atoms with Crippen LogP contribution in [0.2, 0.25) is 0 Å². The Bertz CT molecular complexity index is 1090. The third-order valence-electron chi connectivity index (χ3n) is 12.4. The predicted molar refractivity (Wildman–Crippen MR) is 159 cm³/mol. The van der Waals surface area contributed by atoms with Crippen LogP contribution >= 0.6 is 0 Å². The summed E-state index contributed by atoms with van der Waals surface area (Å²) in [6.45, 7) is 4.99. The summed E-state index contributed by atoms with van der Waals surface area (Å²) < 4.78 is 6.30. The zero-order valence-corrected chi connectivity index (χ0v) is 26.0. The molecule has 10 atom stereocenters. The molecule has 1 unspecified atom stereocenters. The lowest BCUT2D eigenvalue weighted by Gasteiger charge is -2.60. The molecule has 0 amide bonds. The molecule has 244 valence electrons. The van der Waals surface area contributed by atoms with Gasteiger partial charge in [-0.2, -0.15) is 0 Å². The van der Waals surface area contributed by atoms with Crippen molar-refractivity contribution in [3.63, 3.8) is 0 Å². The van der Waals surface area contributed by atoms with Crippen LogP contribution in [0.25, 0.3) is 0 Å². The standard InChI is InChI=1S/C32H54N4O7/c1-20-5-7-22-14-25-27(28(40)41)30(42,19-43-24-8-6-21(4-3-12-37)26(39)15-24)17-31(20,25)32(22)18-36(29(33)34-2)11-9-23(32)16-35-10-13-38/h20-24,26,35,37-39,42H,3-19H2,1-2H3,(H2,33,34)(H,40,41)/t20-,21-,22-,23-,24-,26-,30+,31+,32-/m1/s1. The van der Waals surface area contributed by atoms with Gasteiger partial charge in [0, 0.05) is 43.0 Å². The van der Waals surface area contributed by atoms with Gasteiger partial charge in [0.1, 0.15) is 5.60 Å². The Kier molecular flexibility index (Phi) is 9.93. The maximum Gasteiger partial charge on any atom is 0.293 e. The van der Waals surface area contributed by atoms with Gasteiger partial charge in [0.15, 0.2) is 0 Å². The number of nitrogens with zero attached hydrogens (tertiary/aromatic N) is 1. The first kappa shape index (κ1) is 32.8. The van der Waals surface area contributed by atoms with E-state index in [1.807, 2.05) is 0 Å². The van der Waals surface area contributed by atoms with E-state index in [1.165, 1.54) is 0 Å². The first-order valence-corrected chi connectivity index (χ1v) is 16.5. The zero-order chi connectivity index (χ0) is 31.0. The molecule has 2 bridgehead atoms. The molecule has 4 fully saturated rings. The molecule has 5 aliphatic rings. The fourth-order valence-corrected chi connectivity index (χ4v) is 10.6. The van der Waals surface area contributed by atoms with Gasteiger partial charge in [-0.3, -0.25) is 4.90 Å². The van der Waals surface area contributed by atoms with Crippen LogP contribution in [0.5, 0.6) is 0 Å². The molecule has 11 heteroatoms. The van der Waals surface area contributed by atoms with Gasteiger partial charge in [-0.1, -0.05) is 12.5 Å². The van der Waals surface area contributed by atoms with Crippen LogP contribution in [-0.2, 0) is 9.53 Å². The lowest BCUT2D eigenvalue weighted by Crippen LogP contribution is -3.19. The van der Waals surface area contributed by atoms with Crippen molar-refractivity contribution < 1.29 is 40.0 Å². The van der Waals surface area contributed by atoms with Gasteiger partial charge < -0.3 is 46.1 Å². The van der Waals surface area contributed by atoms with E-state index in [4.69, 9.17) is 10.5 Å². The van der Waals surface area contributed by atoms with Crippen molar-refractivity contribution in [1.82, 2.24) is 5.32 Å². The number of carboxylic acids is 1. The van der Waals surface area contributed by atoms with Crippen LogP contribution in [0.1, 0.15) is 71.1 Å². The van der Waals surface area contributed by atoms with Crippen LogP contribution < -0.4 is 21.1 Å². The van der Waals surface area contributed by atoms with Crippen LogP contribution in [0.3, 0.4) is 0 Å². The van der Waals surface area contributed by atoms with Crippen molar-refractivity contribution in [3.8, 4) is 0 Å². The van der Waals surface area contributed by atoms with Crippen molar-refractivity contribution in [2.75, 3.05) is 53.0 Å². The van der Waals surface area contributed by atoms with Gasteiger partial charge in [-0.25, -0.2) is 4.99 Å². The van der Waals surface area contributed by atoms with Gasteiger partial charge in [-0.15, -0.1) is 0 Å². The van der Waals surface area contributed by atoms with E-state index in [1.54, 1.807) is 7.05 Å². The first-order valence-electron chi connectivity index (χ1n) is 16.5. The summed E-state index contributed by atoms with van der Waals surface area (Å²) in [4.78, 5) is 18.4. The average molecular weight is 607 g/mol. The van der Waals surface area contributed by atoms with E-state index >= 15 is 0 Å². The molecular weight excluding hydrogens is 552 g/mol. The van der Waals surface area contributed by atoms with Gasteiger partial charge in [0.2, 0.25) is 0 Å². The second kappa shape index (κ2) is 13.0. The molecule has 2 spiro atoms. The number of aliphatic imine (C=N–C) groups is 1. The average Bonchev–Trinajstić information content (AvgIpc) is 3.33. The number of aliphatic carboxylic acids is 1. The minimum Gasteiger partial charge on any atom is -0.545 e. The van der Waals surface area contributed by atoms with Crippen LogP contribution in [0.15, 0.2) is 16.1 Å². The highest BCUT2D eigenvalue weighted by atomic mass is 16.5. The van der Waals surface area contributed by atoms with Crippen molar-refractivity contribution in [2.24, 2.45) is 45.2 Å². The van der Waals surface area contributed by atoms with Crippen molar-refractivity contribution in [2.45, 2.75) is 88.9 Å². The molecule has 4 aliphatic carbocycles. The summed E-state index contributed by atoms with van der Waals surface area (Å²) >= 11 is 0. The first-order chi connectivity index (χ1) is 20.6. The fourth-order valence-electron chi connectivity index (χ4n) is 10.6. The van der Waals surface area contributed by atoms with Crippen molar-refractivity contribution in [3.05, 3.63) is 11.1 Å². The van der Waals surface area contributed by atoms with E-state index in [0.29, 0.717) is 38.3 Å². The number of hydrogen-bond donors (Lipinski definition) is 7. The number of aliphatic hydroxyl groups excluding tert-OH is 3. The van der Waals surface area contributed by atoms with Gasteiger partial charge in [0.05, 0.1) is 44.5 Å². The molecule has 0 radical (unpaired) electrons. The number of carboxylic acid groups (broad SMARTS) is 1. The van der Waals surface area contributed by atoms with Crippen LogP contribution in [0.4, 0.5) is 0 Å². The molecule has 11 nitrogen and oxygen atoms in total. The number of hydrogen-bond acceptors (Lipinski definition) is 9. The normalized spacial score (nSPS) is 42.9. The molecule has 5 rings (SSSR count). The number of nitrogens with two attached hydrogens (primary N) is 1. The van der Waals surface area contributed by atoms with Crippen molar-refractivity contribution >= 4 is 11.9 Å². The molecule has 0 aromatic rings. The summed E-state index contributed by atoms with van der Waals surface area (Å²) in [5.41, 5.74) is 4.76. The molecule has 3 saturated carbocycles. The maximum atomic E-state index is 13.0. The molecule has 1 aliphatic heterocycles. The van der Waals surface area contributed by atoms with E-state index in [-0.39, 0.29) is 67.0 Å². The number of quaternary nitrogens is 1. The Morgan fingerprint density at radius 3 is 2.67 bits per heavy atom. The van der Waals surface area contributed by atoms with E-state index in [9.17, 15) is 30.3 Å². The Hall–Kier alpha value is -1.60. The predicted octanol–water partition coefficient (Wildman–Crippen LogP) is -1.66. The molecule has 0 aromatic carbocycles. The van der Waals surface area contributed by atoms with Crippen molar-refractivity contribution in [1.29, 1.82) is 0 Å². The number of nitrogens with one attached hydrogen (secondary N) is 2. The number of guanidine groups is 1. The van der Waals surface area contributed by atoms with E-state index in [2.05, 4.69) is 17.2 Å². The Labute approximate surface area is 255 Å². The third-order valence-corrected chi connectivity index (χ3v) is 12.4. The summed E-state index contributed by atoms with van der Waals surface area (Å²) in [5.74, 6) is -0.0198. The Morgan fingerprint density at radius 2 is 2.00 bits per heavy atom. The minimum absolute atomic E-state index is 0.0200. The summed E-state index contributed by atoms with van der Waals surface area (Å²) in [7, 11) is 1.71. The zero-order valence-electron chi connectivity index (χ0n) is 26.0. The quantitative estimate of drug-likeness (QED) is 0.0822. The summed E-state index contributed by atoms with van der Waals surface area (Å²) in [6.07, 6.45) is 6.26. The lowest BCUT2D eigenvalue weighted by atomic mass is 9.45.